The average Bonchev–Trinajstić information content (AvgIpc) is 2.04. The summed E-state index contributed by atoms with van der Waals surface area (Å²) < 4.78 is 4.63. The highest BCUT2D eigenvalue weighted by Gasteiger charge is 2.21. The summed E-state index contributed by atoms with van der Waals surface area (Å²) in [6.07, 6.45) is 1.72. The third kappa shape index (κ3) is 3.53. The van der Waals surface area contributed by atoms with Crippen molar-refractivity contribution in [3.63, 3.8) is 0 Å². The zero-order valence-electron chi connectivity index (χ0n) is 7.96. The lowest BCUT2D eigenvalue weighted by molar-refractivity contribution is -0.144. The highest BCUT2D eigenvalue weighted by atomic mass is 16.5. The molecule has 0 aliphatic rings. The quantitative estimate of drug-likeness (QED) is 0.494. The fourth-order valence-electron chi connectivity index (χ4n) is 0.928. The van der Waals surface area contributed by atoms with Crippen LogP contribution in [0.1, 0.15) is 13.8 Å². The van der Waals surface area contributed by atoms with Crippen molar-refractivity contribution in [2.45, 2.75) is 19.9 Å². The van der Waals surface area contributed by atoms with Crippen molar-refractivity contribution in [3.05, 3.63) is 12.7 Å². The van der Waals surface area contributed by atoms with Crippen LogP contribution in [0, 0.1) is 5.92 Å². The maximum atomic E-state index is 11.1. The molecule has 3 heteroatoms. The molecular formula is C9H17NO2. The van der Waals surface area contributed by atoms with Crippen molar-refractivity contribution >= 4 is 5.97 Å². The van der Waals surface area contributed by atoms with Gasteiger partial charge in [0, 0.05) is 6.54 Å². The molecule has 0 aromatic rings. The van der Waals surface area contributed by atoms with Crippen LogP contribution in [-0.2, 0) is 9.53 Å². The molecule has 12 heavy (non-hydrogen) atoms. The minimum Gasteiger partial charge on any atom is -0.468 e. The Labute approximate surface area is 73.8 Å². The van der Waals surface area contributed by atoms with Gasteiger partial charge in [-0.1, -0.05) is 19.9 Å². The largest absolute Gasteiger partial charge is 0.468 e. The van der Waals surface area contributed by atoms with Gasteiger partial charge in [0.1, 0.15) is 6.04 Å². The molecule has 0 bridgehead atoms. The third-order valence-corrected chi connectivity index (χ3v) is 1.60. The van der Waals surface area contributed by atoms with E-state index in [-0.39, 0.29) is 17.9 Å². The van der Waals surface area contributed by atoms with E-state index >= 15 is 0 Å². The second-order valence-electron chi connectivity index (χ2n) is 2.94. The van der Waals surface area contributed by atoms with E-state index in [2.05, 4.69) is 16.6 Å². The monoisotopic (exact) mass is 171 g/mol. The smallest absolute Gasteiger partial charge is 0.323 e. The summed E-state index contributed by atoms with van der Waals surface area (Å²) in [5.74, 6) is 0.0178. The Kier molecular flexibility index (Phi) is 5.37. The molecule has 0 saturated heterocycles. The maximum absolute atomic E-state index is 11.1. The molecule has 0 saturated carbocycles. The van der Waals surface area contributed by atoms with Crippen LogP contribution in [0.5, 0.6) is 0 Å². The van der Waals surface area contributed by atoms with Crippen molar-refractivity contribution in [1.29, 1.82) is 0 Å². The van der Waals surface area contributed by atoms with Crippen LogP contribution in [0.4, 0.5) is 0 Å². The third-order valence-electron chi connectivity index (χ3n) is 1.60. The fraction of sp³-hybridized carbons (Fsp3) is 0.667. The molecule has 0 radical (unpaired) electrons. The Balaban J connectivity index is 4.03. The molecular weight excluding hydrogens is 154 g/mol. The van der Waals surface area contributed by atoms with Crippen molar-refractivity contribution in [2.75, 3.05) is 13.7 Å². The molecule has 0 spiro atoms. The van der Waals surface area contributed by atoms with Crippen molar-refractivity contribution in [1.82, 2.24) is 5.32 Å². The SMILES string of the molecule is C=CCN[C@@H](C(=O)OC)C(C)C. The van der Waals surface area contributed by atoms with Gasteiger partial charge >= 0.3 is 5.97 Å². The van der Waals surface area contributed by atoms with Gasteiger partial charge in [0.15, 0.2) is 0 Å². The zero-order chi connectivity index (χ0) is 9.56. The highest BCUT2D eigenvalue weighted by Crippen LogP contribution is 2.02. The minimum absolute atomic E-state index is 0.216. The molecule has 1 N–H and O–H groups in total. The molecule has 0 aliphatic carbocycles. The average molecular weight is 171 g/mol. The van der Waals surface area contributed by atoms with E-state index in [1.54, 1.807) is 6.08 Å². The van der Waals surface area contributed by atoms with E-state index in [1.807, 2.05) is 13.8 Å². The Bertz CT molecular complexity index is 155. The van der Waals surface area contributed by atoms with E-state index in [4.69, 9.17) is 0 Å². The first-order valence-corrected chi connectivity index (χ1v) is 4.05. The molecule has 3 nitrogen and oxygen atoms in total. The maximum Gasteiger partial charge on any atom is 0.323 e. The normalized spacial score (nSPS) is 12.7. The van der Waals surface area contributed by atoms with Gasteiger partial charge < -0.3 is 10.1 Å². The number of methoxy groups -OCH3 is 1. The Morgan fingerprint density at radius 3 is 2.58 bits per heavy atom. The number of hydrogen-bond donors (Lipinski definition) is 1. The number of rotatable bonds is 5. The molecule has 0 fully saturated rings. The van der Waals surface area contributed by atoms with Gasteiger partial charge in [0.25, 0.3) is 0 Å². The number of esters is 1. The summed E-state index contributed by atoms with van der Waals surface area (Å²) in [5, 5.41) is 3.03. The standard InChI is InChI=1S/C9H17NO2/c1-5-6-10-8(7(2)3)9(11)12-4/h5,7-8,10H,1,6H2,2-4H3/t8-/m1/s1. The molecule has 0 unspecified atom stereocenters. The first-order chi connectivity index (χ1) is 5.63. The Morgan fingerprint density at radius 1 is 1.67 bits per heavy atom. The van der Waals surface area contributed by atoms with Crippen LogP contribution in [0.15, 0.2) is 12.7 Å². The van der Waals surface area contributed by atoms with Gasteiger partial charge in [0.05, 0.1) is 7.11 Å². The second-order valence-corrected chi connectivity index (χ2v) is 2.94. The number of carbonyl (C=O) groups is 1. The topological polar surface area (TPSA) is 38.3 Å². The fourth-order valence-corrected chi connectivity index (χ4v) is 0.928. The molecule has 70 valence electrons. The van der Waals surface area contributed by atoms with E-state index in [9.17, 15) is 4.79 Å². The number of nitrogens with one attached hydrogen (secondary N) is 1. The van der Waals surface area contributed by atoms with Crippen LogP contribution < -0.4 is 5.32 Å². The summed E-state index contributed by atoms with van der Waals surface area (Å²) in [6.45, 7) is 8.13. The van der Waals surface area contributed by atoms with Gasteiger partial charge in [-0.2, -0.15) is 0 Å². The first kappa shape index (κ1) is 11.2. The van der Waals surface area contributed by atoms with E-state index in [1.165, 1.54) is 7.11 Å². The van der Waals surface area contributed by atoms with Crippen LogP contribution in [0.2, 0.25) is 0 Å². The van der Waals surface area contributed by atoms with Crippen molar-refractivity contribution in [2.24, 2.45) is 5.92 Å². The molecule has 0 aromatic carbocycles. The molecule has 0 aliphatic heterocycles. The van der Waals surface area contributed by atoms with Crippen molar-refractivity contribution < 1.29 is 9.53 Å². The van der Waals surface area contributed by atoms with Crippen molar-refractivity contribution in [3.8, 4) is 0 Å². The predicted octanol–water partition coefficient (Wildman–Crippen LogP) is 0.960. The Hall–Kier alpha value is -0.830. The second kappa shape index (κ2) is 5.77. The molecule has 0 heterocycles. The summed E-state index contributed by atoms with van der Waals surface area (Å²) in [4.78, 5) is 11.1. The van der Waals surface area contributed by atoms with Gasteiger partial charge in [-0.05, 0) is 5.92 Å². The van der Waals surface area contributed by atoms with E-state index in [0.717, 1.165) is 0 Å². The van der Waals surface area contributed by atoms with Crippen LogP contribution in [0.25, 0.3) is 0 Å². The van der Waals surface area contributed by atoms with Crippen LogP contribution in [-0.4, -0.2) is 25.7 Å². The highest BCUT2D eigenvalue weighted by molar-refractivity contribution is 5.75. The van der Waals surface area contributed by atoms with E-state index < -0.39 is 0 Å². The number of hydrogen-bond acceptors (Lipinski definition) is 3. The molecule has 1 atom stereocenters. The van der Waals surface area contributed by atoms with E-state index in [0.29, 0.717) is 6.54 Å². The summed E-state index contributed by atoms with van der Waals surface area (Å²) in [5.41, 5.74) is 0. The number of ether oxygens (including phenoxy) is 1. The van der Waals surface area contributed by atoms with Crippen LogP contribution in [0.3, 0.4) is 0 Å². The lowest BCUT2D eigenvalue weighted by Gasteiger charge is -2.18. The first-order valence-electron chi connectivity index (χ1n) is 4.05. The summed E-state index contributed by atoms with van der Waals surface area (Å²) in [6, 6.07) is -0.229. The molecule has 0 aromatic heterocycles. The summed E-state index contributed by atoms with van der Waals surface area (Å²) >= 11 is 0. The van der Waals surface area contributed by atoms with Gasteiger partial charge in [-0.3, -0.25) is 4.79 Å². The lowest BCUT2D eigenvalue weighted by atomic mass is 10.1. The molecule has 0 amide bonds. The lowest BCUT2D eigenvalue weighted by Crippen LogP contribution is -2.41. The van der Waals surface area contributed by atoms with Gasteiger partial charge in [0.2, 0.25) is 0 Å². The minimum atomic E-state index is -0.229. The molecule has 0 rings (SSSR count). The summed E-state index contributed by atoms with van der Waals surface area (Å²) in [7, 11) is 1.40. The van der Waals surface area contributed by atoms with Crippen LogP contribution >= 0.6 is 0 Å². The number of carbonyl (C=O) groups excluding carboxylic acids is 1. The Morgan fingerprint density at radius 2 is 2.25 bits per heavy atom. The van der Waals surface area contributed by atoms with Gasteiger partial charge in [-0.25, -0.2) is 0 Å². The van der Waals surface area contributed by atoms with Gasteiger partial charge in [-0.15, -0.1) is 6.58 Å². The predicted molar refractivity (Wildman–Crippen MR) is 48.8 cm³/mol. The zero-order valence-corrected chi connectivity index (χ0v) is 7.96.